The van der Waals surface area contributed by atoms with Gasteiger partial charge in [0.25, 0.3) is 0 Å². The Morgan fingerprint density at radius 1 is 1.24 bits per heavy atom. The fourth-order valence-corrected chi connectivity index (χ4v) is 2.04. The largest absolute Gasteiger partial charge is 0.494 e. The van der Waals surface area contributed by atoms with Crippen molar-refractivity contribution in [3.63, 3.8) is 0 Å². The monoisotopic (exact) mass is 293 g/mol. The third-order valence-electron chi connectivity index (χ3n) is 3.14. The summed E-state index contributed by atoms with van der Waals surface area (Å²) in [5.74, 6) is 1.12. The fourth-order valence-electron chi connectivity index (χ4n) is 2.04. The topological polar surface area (TPSA) is 47.6 Å². The number of benzene rings is 1. The van der Waals surface area contributed by atoms with Crippen LogP contribution in [0.25, 0.3) is 0 Å². The molecule has 0 aliphatic carbocycles. The van der Waals surface area contributed by atoms with E-state index in [1.165, 1.54) is 7.11 Å². The average Bonchev–Trinajstić information content (AvgIpc) is 2.49. The van der Waals surface area contributed by atoms with Crippen molar-refractivity contribution in [2.24, 2.45) is 5.92 Å². The van der Waals surface area contributed by atoms with Crippen LogP contribution in [-0.4, -0.2) is 25.7 Å². The van der Waals surface area contributed by atoms with E-state index in [0.717, 1.165) is 30.8 Å². The normalized spacial score (nSPS) is 12.2. The second kappa shape index (κ2) is 9.40. The summed E-state index contributed by atoms with van der Waals surface area (Å²) in [6.45, 7) is 7.64. The summed E-state index contributed by atoms with van der Waals surface area (Å²) in [6.07, 6.45) is 1.77. The van der Waals surface area contributed by atoms with E-state index in [0.29, 0.717) is 12.5 Å². The number of ether oxygens (including phenoxy) is 2. The van der Waals surface area contributed by atoms with Gasteiger partial charge in [0.15, 0.2) is 0 Å². The molecule has 1 N–H and O–H groups in total. The van der Waals surface area contributed by atoms with Gasteiger partial charge >= 0.3 is 5.97 Å². The molecular weight excluding hydrogens is 266 g/mol. The molecule has 118 valence electrons. The number of methoxy groups -OCH3 is 1. The molecule has 1 unspecified atom stereocenters. The number of hydrogen-bond donors (Lipinski definition) is 1. The zero-order valence-electron chi connectivity index (χ0n) is 13.5. The van der Waals surface area contributed by atoms with Crippen molar-refractivity contribution in [2.75, 3.05) is 13.7 Å². The first-order chi connectivity index (χ1) is 10.1. The molecular formula is C17H27NO3. The third-order valence-corrected chi connectivity index (χ3v) is 3.14. The molecule has 0 amide bonds. The Kier molecular flexibility index (Phi) is 7.83. The highest BCUT2D eigenvalue weighted by molar-refractivity contribution is 5.75. The van der Waals surface area contributed by atoms with Gasteiger partial charge in [0, 0.05) is 6.54 Å². The Bertz CT molecular complexity index is 415. The third kappa shape index (κ3) is 6.63. The Balaban J connectivity index is 2.52. The molecule has 0 heterocycles. The fraction of sp³-hybridized carbons (Fsp3) is 0.588. The van der Waals surface area contributed by atoms with Crippen LogP contribution < -0.4 is 10.1 Å². The van der Waals surface area contributed by atoms with Gasteiger partial charge in [-0.3, -0.25) is 4.79 Å². The van der Waals surface area contributed by atoms with Crippen LogP contribution >= 0.6 is 0 Å². The van der Waals surface area contributed by atoms with Crippen LogP contribution in [0.4, 0.5) is 0 Å². The maximum absolute atomic E-state index is 11.7. The predicted molar refractivity (Wildman–Crippen MR) is 84.3 cm³/mol. The molecule has 21 heavy (non-hydrogen) atoms. The van der Waals surface area contributed by atoms with E-state index in [9.17, 15) is 4.79 Å². The first-order valence-corrected chi connectivity index (χ1v) is 7.59. The second-order valence-electron chi connectivity index (χ2n) is 5.58. The summed E-state index contributed by atoms with van der Waals surface area (Å²) < 4.78 is 10.4. The molecule has 4 heteroatoms. The molecule has 0 aromatic heterocycles. The van der Waals surface area contributed by atoms with E-state index >= 15 is 0 Å². The van der Waals surface area contributed by atoms with Crippen molar-refractivity contribution in [3.8, 4) is 5.75 Å². The summed E-state index contributed by atoms with van der Waals surface area (Å²) in [7, 11) is 1.43. The molecule has 0 saturated heterocycles. The summed E-state index contributed by atoms with van der Waals surface area (Å²) >= 11 is 0. The van der Waals surface area contributed by atoms with E-state index in [1.807, 2.05) is 24.3 Å². The van der Waals surface area contributed by atoms with Crippen molar-refractivity contribution < 1.29 is 14.3 Å². The summed E-state index contributed by atoms with van der Waals surface area (Å²) in [5.41, 5.74) is 1.12. The Morgan fingerprint density at radius 3 is 2.43 bits per heavy atom. The van der Waals surface area contributed by atoms with Crippen LogP contribution in [0.15, 0.2) is 24.3 Å². The molecule has 0 aliphatic rings. The lowest BCUT2D eigenvalue weighted by atomic mass is 10.0. The lowest BCUT2D eigenvalue weighted by molar-refractivity contribution is -0.143. The molecule has 0 radical (unpaired) electrons. The van der Waals surface area contributed by atoms with Crippen LogP contribution in [0.5, 0.6) is 5.75 Å². The molecule has 4 nitrogen and oxygen atoms in total. The average molecular weight is 293 g/mol. The van der Waals surface area contributed by atoms with Crippen molar-refractivity contribution in [3.05, 3.63) is 29.8 Å². The number of carbonyl (C=O) groups is 1. The van der Waals surface area contributed by atoms with Gasteiger partial charge in [-0.25, -0.2) is 0 Å². The van der Waals surface area contributed by atoms with Gasteiger partial charge in [-0.2, -0.15) is 0 Å². The smallest absolute Gasteiger partial charge is 0.322 e. The summed E-state index contributed by atoms with van der Waals surface area (Å²) in [5, 5.41) is 3.27. The van der Waals surface area contributed by atoms with Crippen LogP contribution in [0.2, 0.25) is 0 Å². The predicted octanol–water partition coefficient (Wildman–Crippen LogP) is 3.15. The van der Waals surface area contributed by atoms with Gasteiger partial charge in [-0.05, 0) is 36.5 Å². The Morgan fingerprint density at radius 2 is 1.90 bits per heavy atom. The minimum Gasteiger partial charge on any atom is -0.494 e. The highest BCUT2D eigenvalue weighted by atomic mass is 16.5. The van der Waals surface area contributed by atoms with Gasteiger partial charge in [-0.1, -0.05) is 32.9 Å². The summed E-state index contributed by atoms with van der Waals surface area (Å²) in [4.78, 5) is 11.7. The van der Waals surface area contributed by atoms with E-state index in [1.54, 1.807) is 0 Å². The second-order valence-corrected chi connectivity index (χ2v) is 5.58. The molecule has 1 aromatic rings. The lowest BCUT2D eigenvalue weighted by Crippen LogP contribution is -2.38. The quantitative estimate of drug-likeness (QED) is 0.711. The Hall–Kier alpha value is -1.55. The van der Waals surface area contributed by atoms with Gasteiger partial charge in [0.1, 0.15) is 11.8 Å². The van der Waals surface area contributed by atoms with Crippen LogP contribution in [0.1, 0.15) is 39.2 Å². The SMILES string of the molecule is CCCOc1ccc(CNC(CC(C)C)C(=O)OC)cc1. The molecule has 0 fully saturated rings. The van der Waals surface area contributed by atoms with Crippen molar-refractivity contribution in [1.29, 1.82) is 0 Å². The first kappa shape index (κ1) is 17.5. The highest BCUT2D eigenvalue weighted by Crippen LogP contribution is 2.13. The van der Waals surface area contributed by atoms with Crippen molar-refractivity contribution >= 4 is 5.97 Å². The zero-order valence-corrected chi connectivity index (χ0v) is 13.5. The summed E-state index contributed by atoms with van der Waals surface area (Å²) in [6, 6.07) is 7.69. The number of esters is 1. The van der Waals surface area contributed by atoms with Crippen molar-refractivity contribution in [1.82, 2.24) is 5.32 Å². The minimum absolute atomic E-state index is 0.202. The minimum atomic E-state index is -0.258. The molecule has 1 atom stereocenters. The maximum Gasteiger partial charge on any atom is 0.322 e. The molecule has 1 aromatic carbocycles. The lowest BCUT2D eigenvalue weighted by Gasteiger charge is -2.18. The zero-order chi connectivity index (χ0) is 15.7. The van der Waals surface area contributed by atoms with Crippen LogP contribution in [-0.2, 0) is 16.1 Å². The standard InChI is InChI=1S/C17H27NO3/c1-5-10-21-15-8-6-14(7-9-15)12-18-16(11-13(2)3)17(19)20-4/h6-9,13,16,18H,5,10-12H2,1-4H3. The van der Waals surface area contributed by atoms with Crippen molar-refractivity contribution in [2.45, 2.75) is 46.2 Å². The number of hydrogen-bond acceptors (Lipinski definition) is 4. The first-order valence-electron chi connectivity index (χ1n) is 7.59. The maximum atomic E-state index is 11.7. The van der Waals surface area contributed by atoms with Gasteiger partial charge < -0.3 is 14.8 Å². The van der Waals surface area contributed by atoms with E-state index in [4.69, 9.17) is 9.47 Å². The van der Waals surface area contributed by atoms with E-state index < -0.39 is 0 Å². The van der Waals surface area contributed by atoms with Gasteiger partial charge in [-0.15, -0.1) is 0 Å². The number of rotatable bonds is 9. The van der Waals surface area contributed by atoms with Crippen LogP contribution in [0.3, 0.4) is 0 Å². The number of nitrogens with one attached hydrogen (secondary N) is 1. The van der Waals surface area contributed by atoms with E-state index in [-0.39, 0.29) is 12.0 Å². The van der Waals surface area contributed by atoms with Gasteiger partial charge in [0.2, 0.25) is 0 Å². The Labute approximate surface area is 127 Å². The van der Waals surface area contributed by atoms with Crippen LogP contribution in [0, 0.1) is 5.92 Å². The molecule has 0 aliphatic heterocycles. The number of carbonyl (C=O) groups excluding carboxylic acids is 1. The highest BCUT2D eigenvalue weighted by Gasteiger charge is 2.19. The molecule has 0 bridgehead atoms. The molecule has 0 spiro atoms. The molecule has 0 saturated carbocycles. The molecule has 1 rings (SSSR count). The van der Waals surface area contributed by atoms with E-state index in [2.05, 4.69) is 26.1 Å². The van der Waals surface area contributed by atoms with Gasteiger partial charge in [0.05, 0.1) is 13.7 Å².